The number of nitrogens with one attached hydrogen (secondary N) is 3. The van der Waals surface area contributed by atoms with E-state index in [-0.39, 0.29) is 42.3 Å². The molecule has 1 aliphatic rings. The minimum atomic E-state index is -0.124. The molecule has 0 saturated carbocycles. The minimum Gasteiger partial charge on any atom is -0.377 e. The molecule has 32 heavy (non-hydrogen) atoms. The van der Waals surface area contributed by atoms with Crippen LogP contribution in [0.4, 0.5) is 5.69 Å². The SMILES string of the molecule is CCNC(=NCCC(=O)Nc1ccc(C)cc1Cl)NC1CCc2nc(COC)nn2C1.I. The average Bonchev–Trinajstić information content (AvgIpc) is 3.12. The van der Waals surface area contributed by atoms with E-state index in [1.165, 1.54) is 0 Å². The van der Waals surface area contributed by atoms with Crippen LogP contribution in [0.2, 0.25) is 5.02 Å². The molecule has 1 aromatic heterocycles. The van der Waals surface area contributed by atoms with Crippen LogP contribution in [0.5, 0.6) is 0 Å². The molecule has 176 valence electrons. The van der Waals surface area contributed by atoms with Crippen molar-refractivity contribution < 1.29 is 9.53 Å². The normalized spacial score (nSPS) is 15.5. The number of aryl methyl sites for hydroxylation is 2. The maximum atomic E-state index is 12.3. The fourth-order valence-electron chi connectivity index (χ4n) is 3.39. The third-order valence-electron chi connectivity index (χ3n) is 4.87. The van der Waals surface area contributed by atoms with Crippen LogP contribution in [-0.4, -0.2) is 52.9 Å². The van der Waals surface area contributed by atoms with Crippen molar-refractivity contribution in [1.29, 1.82) is 0 Å². The van der Waals surface area contributed by atoms with Crippen LogP contribution < -0.4 is 16.0 Å². The highest BCUT2D eigenvalue weighted by molar-refractivity contribution is 14.0. The number of halogens is 2. The summed E-state index contributed by atoms with van der Waals surface area (Å²) >= 11 is 6.18. The Morgan fingerprint density at radius 3 is 2.94 bits per heavy atom. The molecule has 3 N–H and O–H groups in total. The zero-order valence-corrected chi connectivity index (χ0v) is 21.7. The van der Waals surface area contributed by atoms with Crippen molar-refractivity contribution in [1.82, 2.24) is 25.4 Å². The summed E-state index contributed by atoms with van der Waals surface area (Å²) in [5.41, 5.74) is 1.66. The first-order chi connectivity index (χ1) is 15.0. The summed E-state index contributed by atoms with van der Waals surface area (Å²) in [5.74, 6) is 2.26. The zero-order chi connectivity index (χ0) is 22.2. The van der Waals surface area contributed by atoms with Gasteiger partial charge in [0.2, 0.25) is 5.91 Å². The lowest BCUT2D eigenvalue weighted by Crippen LogP contribution is -2.47. The molecular formula is C21H31ClIN7O2. The third kappa shape index (κ3) is 7.59. The molecule has 2 aromatic rings. The van der Waals surface area contributed by atoms with Gasteiger partial charge in [-0.05, 0) is 38.0 Å². The molecule has 0 saturated heterocycles. The predicted octanol–water partition coefficient (Wildman–Crippen LogP) is 2.90. The van der Waals surface area contributed by atoms with E-state index in [4.69, 9.17) is 16.3 Å². The van der Waals surface area contributed by atoms with Crippen molar-refractivity contribution in [2.75, 3.05) is 25.5 Å². The van der Waals surface area contributed by atoms with Gasteiger partial charge in [-0.2, -0.15) is 5.10 Å². The molecule has 1 amide bonds. The highest BCUT2D eigenvalue weighted by Gasteiger charge is 2.22. The largest absolute Gasteiger partial charge is 0.377 e. The van der Waals surface area contributed by atoms with Gasteiger partial charge < -0.3 is 20.7 Å². The standard InChI is InChI=1S/C21H30ClN7O2.HI/c1-4-23-21(24-10-9-20(30)26-17-7-5-14(2)11-16(17)22)25-15-6-8-19-27-18(13-31-3)28-29(19)12-15;/h5,7,11,15H,4,6,8-10,12-13H2,1-3H3,(H,26,30)(H2,23,24,25);1H. The van der Waals surface area contributed by atoms with Gasteiger partial charge in [0.25, 0.3) is 0 Å². The zero-order valence-electron chi connectivity index (χ0n) is 18.7. The molecular weight excluding hydrogens is 545 g/mol. The Balaban J connectivity index is 0.00000363. The van der Waals surface area contributed by atoms with Gasteiger partial charge in [-0.25, -0.2) is 9.67 Å². The number of nitrogens with zero attached hydrogens (tertiary/aromatic N) is 4. The van der Waals surface area contributed by atoms with Crippen molar-refractivity contribution >= 4 is 53.1 Å². The van der Waals surface area contributed by atoms with E-state index in [1.54, 1.807) is 7.11 Å². The third-order valence-corrected chi connectivity index (χ3v) is 5.18. The van der Waals surface area contributed by atoms with Crippen LogP contribution in [0.3, 0.4) is 0 Å². The summed E-state index contributed by atoms with van der Waals surface area (Å²) < 4.78 is 7.05. The van der Waals surface area contributed by atoms with Crippen LogP contribution in [0, 0.1) is 6.92 Å². The summed E-state index contributed by atoms with van der Waals surface area (Å²) in [6.45, 7) is 6.19. The number of fused-ring (bicyclic) bond motifs is 1. The van der Waals surface area contributed by atoms with Crippen LogP contribution in [0.25, 0.3) is 0 Å². The second kappa shape index (κ2) is 12.9. The number of amides is 1. The van der Waals surface area contributed by atoms with Crippen LogP contribution in [0.15, 0.2) is 23.2 Å². The molecule has 0 aliphatic carbocycles. The molecule has 0 bridgehead atoms. The molecule has 11 heteroatoms. The Morgan fingerprint density at radius 2 is 2.22 bits per heavy atom. The maximum absolute atomic E-state index is 12.3. The van der Waals surface area contributed by atoms with Crippen molar-refractivity contribution in [3.63, 3.8) is 0 Å². The van der Waals surface area contributed by atoms with E-state index in [2.05, 4.69) is 31.0 Å². The number of ether oxygens (including phenoxy) is 1. The first-order valence-electron chi connectivity index (χ1n) is 10.5. The maximum Gasteiger partial charge on any atom is 0.226 e. The summed E-state index contributed by atoms with van der Waals surface area (Å²) in [4.78, 5) is 21.3. The number of guanidine groups is 1. The summed E-state index contributed by atoms with van der Waals surface area (Å²) in [5, 5.41) is 14.6. The summed E-state index contributed by atoms with van der Waals surface area (Å²) in [6, 6.07) is 5.73. The van der Waals surface area contributed by atoms with Gasteiger partial charge in [-0.15, -0.1) is 24.0 Å². The molecule has 9 nitrogen and oxygen atoms in total. The number of carbonyl (C=O) groups is 1. The number of benzene rings is 1. The highest BCUT2D eigenvalue weighted by atomic mass is 127. The lowest BCUT2D eigenvalue weighted by Gasteiger charge is -2.25. The van der Waals surface area contributed by atoms with Gasteiger partial charge in [0.15, 0.2) is 11.8 Å². The van der Waals surface area contributed by atoms with E-state index in [9.17, 15) is 4.79 Å². The van der Waals surface area contributed by atoms with Crippen molar-refractivity contribution in [3.8, 4) is 0 Å². The summed E-state index contributed by atoms with van der Waals surface area (Å²) in [7, 11) is 1.64. The van der Waals surface area contributed by atoms with Crippen LogP contribution in [0.1, 0.15) is 37.0 Å². The number of hydrogen-bond donors (Lipinski definition) is 3. The Kier molecular flexibility index (Phi) is 10.7. The second-order valence-electron chi connectivity index (χ2n) is 7.48. The molecule has 1 aliphatic heterocycles. The van der Waals surface area contributed by atoms with Gasteiger partial charge in [0.05, 0.1) is 23.8 Å². The summed E-state index contributed by atoms with van der Waals surface area (Å²) in [6.07, 6.45) is 2.04. The molecule has 1 aromatic carbocycles. The van der Waals surface area contributed by atoms with E-state index < -0.39 is 0 Å². The number of rotatable bonds is 8. The predicted molar refractivity (Wildman–Crippen MR) is 137 cm³/mol. The van der Waals surface area contributed by atoms with Gasteiger partial charge >= 0.3 is 0 Å². The molecule has 1 atom stereocenters. The lowest BCUT2D eigenvalue weighted by atomic mass is 10.1. The lowest BCUT2D eigenvalue weighted by molar-refractivity contribution is -0.116. The molecule has 1 unspecified atom stereocenters. The van der Waals surface area contributed by atoms with E-state index >= 15 is 0 Å². The van der Waals surface area contributed by atoms with E-state index in [1.807, 2.05) is 36.7 Å². The van der Waals surface area contributed by atoms with Crippen LogP contribution in [-0.2, 0) is 29.1 Å². The number of methoxy groups -OCH3 is 1. The van der Waals surface area contributed by atoms with Crippen molar-refractivity contribution in [3.05, 3.63) is 40.4 Å². The molecule has 0 spiro atoms. The van der Waals surface area contributed by atoms with Gasteiger partial charge in [0, 0.05) is 32.5 Å². The smallest absolute Gasteiger partial charge is 0.226 e. The molecule has 3 rings (SSSR count). The Hall–Kier alpha value is -1.92. The Bertz CT molecular complexity index is 935. The number of aromatic nitrogens is 3. The molecule has 2 heterocycles. The fourth-order valence-corrected chi connectivity index (χ4v) is 3.67. The first kappa shape index (κ1) is 26.3. The van der Waals surface area contributed by atoms with Crippen molar-refractivity contribution in [2.45, 2.75) is 52.3 Å². The van der Waals surface area contributed by atoms with Crippen LogP contribution >= 0.6 is 35.6 Å². The van der Waals surface area contributed by atoms with Gasteiger partial charge in [0.1, 0.15) is 12.4 Å². The minimum absolute atomic E-state index is 0. The number of aliphatic imine (C=N–C) groups is 1. The Morgan fingerprint density at radius 1 is 1.41 bits per heavy atom. The van der Waals surface area contributed by atoms with E-state index in [0.29, 0.717) is 42.2 Å². The van der Waals surface area contributed by atoms with E-state index in [0.717, 1.165) is 30.8 Å². The molecule has 0 fully saturated rings. The average molecular weight is 576 g/mol. The molecule has 0 radical (unpaired) electrons. The fraction of sp³-hybridized carbons (Fsp3) is 0.524. The second-order valence-corrected chi connectivity index (χ2v) is 7.89. The van der Waals surface area contributed by atoms with Gasteiger partial charge in [-0.3, -0.25) is 9.79 Å². The number of hydrogen-bond acceptors (Lipinski definition) is 5. The monoisotopic (exact) mass is 575 g/mol. The van der Waals surface area contributed by atoms with Crippen molar-refractivity contribution in [2.24, 2.45) is 4.99 Å². The quantitative estimate of drug-likeness (QED) is 0.254. The Labute approximate surface area is 210 Å². The highest BCUT2D eigenvalue weighted by Crippen LogP contribution is 2.22. The topological polar surface area (TPSA) is 105 Å². The number of anilines is 1. The first-order valence-corrected chi connectivity index (χ1v) is 10.9. The van der Waals surface area contributed by atoms with Gasteiger partial charge in [-0.1, -0.05) is 17.7 Å². The number of carbonyl (C=O) groups excluding carboxylic acids is 1.